The van der Waals surface area contributed by atoms with Crippen LogP contribution in [-0.4, -0.2) is 18.7 Å². The third-order valence-electron chi connectivity index (χ3n) is 12.7. The van der Waals surface area contributed by atoms with Crippen LogP contribution in [0.1, 0.15) is 39.0 Å². The Morgan fingerprint density at radius 3 is 1.81 bits per heavy atom. The van der Waals surface area contributed by atoms with Gasteiger partial charge in [0.2, 0.25) is 0 Å². The summed E-state index contributed by atoms with van der Waals surface area (Å²) in [5, 5.41) is 4.16. The van der Waals surface area contributed by atoms with E-state index in [2.05, 4.69) is 96.0 Å². The Hall–Kier alpha value is -8.31. The summed E-state index contributed by atoms with van der Waals surface area (Å²) in [6, 6.07) is 50.6. The first-order valence-electron chi connectivity index (χ1n) is 27.6. The molecule has 13 aromatic rings. The van der Waals surface area contributed by atoms with Gasteiger partial charge in [0.1, 0.15) is 5.82 Å². The van der Waals surface area contributed by atoms with Gasteiger partial charge in [-0.2, -0.15) is 12.1 Å². The summed E-state index contributed by atoms with van der Waals surface area (Å²) in [6.45, 7) is 4.32. The number of imidazole rings is 1. The van der Waals surface area contributed by atoms with E-state index in [0.29, 0.717) is 28.2 Å². The van der Waals surface area contributed by atoms with Crippen LogP contribution in [0.5, 0.6) is 11.5 Å². The first-order valence-corrected chi connectivity index (χ1v) is 22.6. The van der Waals surface area contributed by atoms with E-state index in [1.54, 1.807) is 33.4 Å². The van der Waals surface area contributed by atoms with E-state index in [-0.39, 0.29) is 54.9 Å². The zero-order chi connectivity index (χ0) is 54.7. The monoisotopic (exact) mass is 1090 g/mol. The molecule has 0 N–H and O–H groups in total. The van der Waals surface area contributed by atoms with E-state index < -0.39 is 60.4 Å². The van der Waals surface area contributed by atoms with Gasteiger partial charge in [0.25, 0.3) is 6.33 Å². The Morgan fingerprint density at radius 1 is 0.571 bits per heavy atom. The first-order chi connectivity index (χ1) is 38.2. The number of nitrogens with zero attached hydrogens (tertiary/aromatic N) is 5. The van der Waals surface area contributed by atoms with Gasteiger partial charge in [-0.3, -0.25) is 4.57 Å². The molecule has 0 amide bonds. The first kappa shape index (κ1) is 33.2. The van der Waals surface area contributed by atoms with Crippen molar-refractivity contribution in [1.82, 2.24) is 18.7 Å². The molecule has 0 bridgehead atoms. The molecule has 338 valence electrons. The zero-order valence-corrected chi connectivity index (χ0v) is 39.8. The summed E-state index contributed by atoms with van der Waals surface area (Å²) < 4.78 is 103. The minimum atomic E-state index is -0.577. The van der Waals surface area contributed by atoms with Gasteiger partial charge >= 0.3 is 0 Å². The van der Waals surface area contributed by atoms with E-state index in [0.717, 1.165) is 60.7 Å². The molecular formula is C63H43N5OPt-2. The second-order valence-corrected chi connectivity index (χ2v) is 17.0. The molecule has 0 atom stereocenters. The third kappa shape index (κ3) is 7.14. The number of hydrogen-bond acceptors (Lipinski definition) is 2. The number of pyridine rings is 1. The molecule has 6 nitrogen and oxygen atoms in total. The second kappa shape index (κ2) is 17.6. The predicted molar refractivity (Wildman–Crippen MR) is 279 cm³/mol. The maximum Gasteiger partial charge on any atom is 0.268 e. The van der Waals surface area contributed by atoms with Crippen LogP contribution >= 0.6 is 0 Å². The van der Waals surface area contributed by atoms with Crippen molar-refractivity contribution >= 4 is 54.6 Å². The van der Waals surface area contributed by atoms with Gasteiger partial charge in [-0.25, -0.2) is 4.98 Å². The number of benzene rings is 9. The van der Waals surface area contributed by atoms with Crippen LogP contribution in [-0.2, 0) is 21.1 Å². The van der Waals surface area contributed by atoms with Crippen molar-refractivity contribution in [3.05, 3.63) is 242 Å². The standard InChI is InChI=1S/C63H43N5O.Pt/c1-42(2)45-35-36-64-61(37-45)68-56-32-14-11-27-53(56)62-59(67-54-30-12-9-25-51(54)52-26-10-13-31-55(52)67)39-48(40-60(62)68)69-47-24-17-23-46(38-47)65-41-66(58-34-16-15-33-57(58)65)63-49(43-19-5-3-6-20-43)28-18-29-50(63)44-21-7-4-8-22-44;/h3-37,39,42H,1-2H3;/q-2;/i3D,4D,5D,6D,7D,8D,19D,20D,21D,22D;. The molecule has 9 aromatic carbocycles. The number of fused-ring (bicyclic) bond motifs is 7. The maximum atomic E-state index is 9.10. The fourth-order valence-electron chi connectivity index (χ4n) is 9.64. The molecule has 0 aliphatic heterocycles. The molecule has 0 fully saturated rings. The van der Waals surface area contributed by atoms with E-state index in [1.165, 1.54) is 0 Å². The number of ether oxygens (including phenoxy) is 1. The van der Waals surface area contributed by atoms with Gasteiger partial charge in [0.15, 0.2) is 0 Å². The third-order valence-corrected chi connectivity index (χ3v) is 12.7. The molecule has 0 unspecified atom stereocenters. The summed E-state index contributed by atoms with van der Waals surface area (Å²) in [5.74, 6) is 1.72. The predicted octanol–water partition coefficient (Wildman–Crippen LogP) is 15.1. The van der Waals surface area contributed by atoms with Crippen molar-refractivity contribution in [2.24, 2.45) is 0 Å². The van der Waals surface area contributed by atoms with Crippen LogP contribution < -0.4 is 9.30 Å². The van der Waals surface area contributed by atoms with Gasteiger partial charge in [0.05, 0.1) is 41.5 Å². The minimum Gasteiger partial charge on any atom is -0.510 e. The van der Waals surface area contributed by atoms with Crippen molar-refractivity contribution < 1.29 is 44.1 Å². The summed E-state index contributed by atoms with van der Waals surface area (Å²) in [6.07, 6.45) is 5.29. The summed E-state index contributed by atoms with van der Waals surface area (Å²) in [4.78, 5) is 4.94. The number of hydrogen-bond donors (Lipinski definition) is 0. The summed E-state index contributed by atoms with van der Waals surface area (Å²) >= 11 is 0. The molecule has 4 aromatic heterocycles. The quantitative estimate of drug-likeness (QED) is 0.107. The average molecular weight is 1090 g/mol. The van der Waals surface area contributed by atoms with Crippen LogP contribution in [0.25, 0.3) is 99.8 Å². The Labute approximate surface area is 434 Å². The van der Waals surface area contributed by atoms with Gasteiger partial charge < -0.3 is 18.4 Å². The Kier molecular flexibility index (Phi) is 8.38. The van der Waals surface area contributed by atoms with Gasteiger partial charge in [-0.05, 0) is 80.8 Å². The number of para-hydroxylation sites is 6. The average Bonchev–Trinajstić information content (AvgIpc) is 4.18. The summed E-state index contributed by atoms with van der Waals surface area (Å²) in [5.41, 5.74) is 7.46. The molecule has 4 heterocycles. The molecule has 13 rings (SSSR count). The van der Waals surface area contributed by atoms with Crippen LogP contribution in [0.2, 0.25) is 0 Å². The molecule has 0 aliphatic carbocycles. The fraction of sp³-hybridized carbons (Fsp3) is 0.0476. The van der Waals surface area contributed by atoms with Crippen molar-refractivity contribution in [2.75, 3.05) is 0 Å². The SMILES string of the molecule is [2H]c1c([2H])c([2H])c(-c2cccc(-c3c([2H])c([2H])c([2H])c([2H])c3[2H])c2-[n+]2[c-]n(-c3[c-]c(Oc4[c-]c5c(c(-n6c7ccccc7c7ccccc76)c4)c4ccccc4n5-c4cc(C(C)C)ccn4)ccc3)c3ccccc32)c([2H])c1[2H].[Pt]. The van der Waals surface area contributed by atoms with Crippen LogP contribution in [0.4, 0.5) is 0 Å². The molecule has 0 spiro atoms. The number of rotatable bonds is 9. The topological polar surface area (TPSA) is 40.8 Å². The van der Waals surface area contributed by atoms with Crippen molar-refractivity contribution in [3.8, 4) is 56.6 Å². The largest absolute Gasteiger partial charge is 0.510 e. The molecule has 70 heavy (non-hydrogen) atoms. The molecule has 0 saturated heterocycles. The minimum absolute atomic E-state index is 0. The maximum absolute atomic E-state index is 9.10. The van der Waals surface area contributed by atoms with Gasteiger partial charge in [-0.15, -0.1) is 24.3 Å². The molecule has 0 radical (unpaired) electrons. The van der Waals surface area contributed by atoms with Crippen molar-refractivity contribution in [1.29, 1.82) is 0 Å². The van der Waals surface area contributed by atoms with E-state index >= 15 is 0 Å². The normalized spacial score (nSPS) is 13.6. The van der Waals surface area contributed by atoms with Crippen LogP contribution in [0, 0.1) is 18.5 Å². The Bertz CT molecular complexity index is 4520. The summed E-state index contributed by atoms with van der Waals surface area (Å²) in [7, 11) is 0. The Balaban J connectivity index is 0.00000637. The van der Waals surface area contributed by atoms with E-state index in [1.807, 2.05) is 79.0 Å². The zero-order valence-electron chi connectivity index (χ0n) is 47.5. The number of aromatic nitrogens is 5. The van der Waals surface area contributed by atoms with E-state index in [9.17, 15) is 0 Å². The molecule has 7 heteroatoms. The van der Waals surface area contributed by atoms with Crippen molar-refractivity contribution in [3.63, 3.8) is 0 Å². The molecular weight excluding hydrogens is 1040 g/mol. The van der Waals surface area contributed by atoms with Gasteiger partial charge in [0, 0.05) is 55.1 Å². The van der Waals surface area contributed by atoms with Crippen LogP contribution in [0.3, 0.4) is 0 Å². The smallest absolute Gasteiger partial charge is 0.268 e. The fourth-order valence-corrected chi connectivity index (χ4v) is 9.64. The Morgan fingerprint density at radius 2 is 1.16 bits per heavy atom. The van der Waals surface area contributed by atoms with Crippen LogP contribution in [0.15, 0.2) is 218 Å². The molecule has 0 saturated carbocycles. The second-order valence-electron chi connectivity index (χ2n) is 17.0. The van der Waals surface area contributed by atoms with E-state index in [4.69, 9.17) is 23.4 Å². The van der Waals surface area contributed by atoms with Gasteiger partial charge in [-0.1, -0.05) is 182 Å². The molecule has 0 aliphatic rings. The van der Waals surface area contributed by atoms with Crippen molar-refractivity contribution in [2.45, 2.75) is 19.8 Å².